The number of rotatable bonds is 1. The zero-order valence-electron chi connectivity index (χ0n) is 11.8. The van der Waals surface area contributed by atoms with E-state index in [0.29, 0.717) is 0 Å². The molecule has 4 heteroatoms. The molecular weight excluding hydrogens is 265 g/mol. The molecule has 1 unspecified atom stereocenters. The Hall–Kier alpha value is -2.20. The zero-order chi connectivity index (χ0) is 14.4. The largest absolute Gasteiger partial charge is 0.301 e. The summed E-state index contributed by atoms with van der Waals surface area (Å²) in [6.07, 6.45) is 1.84. The summed E-state index contributed by atoms with van der Waals surface area (Å²) >= 11 is 0. The lowest BCUT2D eigenvalue weighted by Gasteiger charge is -2.32. The van der Waals surface area contributed by atoms with E-state index >= 15 is 0 Å². The highest BCUT2D eigenvalue weighted by molar-refractivity contribution is 5.78. The molecule has 0 bridgehead atoms. The third-order valence-electron chi connectivity index (χ3n) is 4.28. The van der Waals surface area contributed by atoms with Crippen molar-refractivity contribution in [3.05, 3.63) is 65.1 Å². The number of aromatic amines is 1. The minimum atomic E-state index is -0.159. The highest BCUT2D eigenvalue weighted by atomic mass is 19.1. The van der Waals surface area contributed by atoms with Crippen LogP contribution in [0.4, 0.5) is 4.39 Å². The molecule has 0 fully saturated rings. The summed E-state index contributed by atoms with van der Waals surface area (Å²) in [4.78, 5) is 2.24. The van der Waals surface area contributed by atoms with E-state index in [-0.39, 0.29) is 11.7 Å². The second-order valence-electron chi connectivity index (χ2n) is 5.81. The monoisotopic (exact) mass is 281 g/mol. The average molecular weight is 281 g/mol. The van der Waals surface area contributed by atoms with Crippen molar-refractivity contribution in [2.75, 3.05) is 13.6 Å². The van der Waals surface area contributed by atoms with Gasteiger partial charge in [-0.3, -0.25) is 5.10 Å². The second kappa shape index (κ2) is 4.67. The molecule has 0 saturated carbocycles. The van der Waals surface area contributed by atoms with Gasteiger partial charge in [0.05, 0.1) is 11.7 Å². The topological polar surface area (TPSA) is 31.9 Å². The Kier molecular flexibility index (Phi) is 2.79. The molecule has 2 aromatic carbocycles. The molecule has 0 spiro atoms. The van der Waals surface area contributed by atoms with Gasteiger partial charge in [0.1, 0.15) is 5.82 Å². The van der Waals surface area contributed by atoms with Crippen molar-refractivity contribution in [2.24, 2.45) is 0 Å². The summed E-state index contributed by atoms with van der Waals surface area (Å²) in [7, 11) is 2.08. The first-order valence-electron chi connectivity index (χ1n) is 7.10. The molecule has 1 N–H and O–H groups in total. The van der Waals surface area contributed by atoms with Crippen LogP contribution in [-0.4, -0.2) is 28.7 Å². The summed E-state index contributed by atoms with van der Waals surface area (Å²) in [6, 6.07) is 11.5. The number of nitrogens with zero attached hydrogens (tertiary/aromatic N) is 2. The molecule has 106 valence electrons. The number of benzene rings is 2. The highest BCUT2D eigenvalue weighted by Gasteiger charge is 2.25. The molecule has 1 atom stereocenters. The molecule has 0 saturated heterocycles. The fourth-order valence-corrected chi connectivity index (χ4v) is 3.28. The smallest absolute Gasteiger partial charge is 0.123 e. The molecule has 2 heterocycles. The lowest BCUT2D eigenvalue weighted by molar-refractivity contribution is 0.294. The molecule has 1 aliphatic rings. The van der Waals surface area contributed by atoms with Crippen LogP contribution in [0.25, 0.3) is 10.9 Å². The lowest BCUT2D eigenvalue weighted by Crippen LogP contribution is -2.31. The molecule has 3 aromatic rings. The Balaban J connectivity index is 1.84. The number of nitrogens with one attached hydrogen (secondary N) is 1. The van der Waals surface area contributed by atoms with Crippen LogP contribution in [0.2, 0.25) is 0 Å². The van der Waals surface area contributed by atoms with E-state index in [2.05, 4.69) is 40.3 Å². The molecule has 21 heavy (non-hydrogen) atoms. The van der Waals surface area contributed by atoms with Crippen molar-refractivity contribution >= 4 is 10.9 Å². The molecule has 0 amide bonds. The highest BCUT2D eigenvalue weighted by Crippen LogP contribution is 2.34. The Bertz CT molecular complexity index is 809. The van der Waals surface area contributed by atoms with Crippen LogP contribution in [-0.2, 0) is 6.54 Å². The van der Waals surface area contributed by atoms with Crippen molar-refractivity contribution in [1.29, 1.82) is 0 Å². The minimum absolute atomic E-state index is 0.159. The number of aromatic nitrogens is 2. The van der Waals surface area contributed by atoms with E-state index in [1.165, 1.54) is 11.1 Å². The normalized spacial score (nSPS) is 18.9. The number of fused-ring (bicyclic) bond motifs is 2. The number of halogens is 1. The Morgan fingerprint density at radius 2 is 2.14 bits per heavy atom. The van der Waals surface area contributed by atoms with Gasteiger partial charge >= 0.3 is 0 Å². The minimum Gasteiger partial charge on any atom is -0.301 e. The van der Waals surface area contributed by atoms with E-state index in [4.69, 9.17) is 0 Å². The maximum absolute atomic E-state index is 13.5. The maximum atomic E-state index is 13.5. The standard InChI is InChI=1S/C17H16FN3/c1-21-9-13-7-14(18)3-4-15(13)16(10-21)11-2-5-17-12(6-11)8-19-20-17/h2-8,16H,9-10H2,1H3,(H,19,20). The van der Waals surface area contributed by atoms with Crippen molar-refractivity contribution in [3.8, 4) is 0 Å². The average Bonchev–Trinajstić information content (AvgIpc) is 2.93. The number of likely N-dealkylation sites (N-methyl/N-ethyl adjacent to an activating group) is 1. The van der Waals surface area contributed by atoms with Gasteiger partial charge in [-0.15, -0.1) is 0 Å². The molecule has 0 aliphatic carbocycles. The number of H-pyrrole nitrogens is 1. The van der Waals surface area contributed by atoms with Crippen LogP contribution in [0.5, 0.6) is 0 Å². The van der Waals surface area contributed by atoms with Crippen LogP contribution in [0, 0.1) is 5.82 Å². The van der Waals surface area contributed by atoms with Crippen molar-refractivity contribution < 1.29 is 4.39 Å². The fraction of sp³-hybridized carbons (Fsp3) is 0.235. The second-order valence-corrected chi connectivity index (χ2v) is 5.81. The predicted molar refractivity (Wildman–Crippen MR) is 80.7 cm³/mol. The van der Waals surface area contributed by atoms with E-state index in [0.717, 1.165) is 29.6 Å². The van der Waals surface area contributed by atoms with Gasteiger partial charge in [-0.25, -0.2) is 4.39 Å². The van der Waals surface area contributed by atoms with Crippen LogP contribution in [0.15, 0.2) is 42.6 Å². The van der Waals surface area contributed by atoms with E-state index in [9.17, 15) is 4.39 Å². The summed E-state index contributed by atoms with van der Waals surface area (Å²) < 4.78 is 13.5. The van der Waals surface area contributed by atoms with E-state index in [1.807, 2.05) is 12.3 Å². The Labute approximate surface area is 122 Å². The van der Waals surface area contributed by atoms with Gasteiger partial charge < -0.3 is 4.90 Å². The molecular formula is C17H16FN3. The molecule has 3 nitrogen and oxygen atoms in total. The van der Waals surface area contributed by atoms with Gasteiger partial charge in [0, 0.05) is 24.4 Å². The third-order valence-corrected chi connectivity index (χ3v) is 4.28. The van der Waals surface area contributed by atoms with Gasteiger partial charge in [0.2, 0.25) is 0 Å². The zero-order valence-corrected chi connectivity index (χ0v) is 11.8. The van der Waals surface area contributed by atoms with Gasteiger partial charge in [-0.05, 0) is 48.0 Å². The van der Waals surface area contributed by atoms with E-state index < -0.39 is 0 Å². The van der Waals surface area contributed by atoms with Gasteiger partial charge in [-0.2, -0.15) is 5.10 Å². The third kappa shape index (κ3) is 2.12. The van der Waals surface area contributed by atoms with Crippen LogP contribution in [0.1, 0.15) is 22.6 Å². The maximum Gasteiger partial charge on any atom is 0.123 e. The first-order valence-corrected chi connectivity index (χ1v) is 7.10. The Morgan fingerprint density at radius 1 is 1.24 bits per heavy atom. The molecule has 1 aromatic heterocycles. The molecule has 4 rings (SSSR count). The fourth-order valence-electron chi connectivity index (χ4n) is 3.28. The van der Waals surface area contributed by atoms with Gasteiger partial charge in [0.25, 0.3) is 0 Å². The lowest BCUT2D eigenvalue weighted by atomic mass is 9.84. The van der Waals surface area contributed by atoms with E-state index in [1.54, 1.807) is 12.1 Å². The van der Waals surface area contributed by atoms with Crippen LogP contribution in [0.3, 0.4) is 0 Å². The van der Waals surface area contributed by atoms with Crippen molar-refractivity contribution in [3.63, 3.8) is 0 Å². The SMILES string of the molecule is CN1Cc2cc(F)ccc2C(c2ccc3[nH]ncc3c2)C1. The van der Waals surface area contributed by atoms with Gasteiger partial charge in [0.15, 0.2) is 0 Å². The predicted octanol–water partition coefficient (Wildman–Crippen LogP) is 3.28. The van der Waals surface area contributed by atoms with Crippen LogP contribution >= 0.6 is 0 Å². The van der Waals surface area contributed by atoms with Crippen LogP contribution < -0.4 is 0 Å². The Morgan fingerprint density at radius 3 is 3.05 bits per heavy atom. The summed E-state index contributed by atoms with van der Waals surface area (Å²) in [6.45, 7) is 1.75. The summed E-state index contributed by atoms with van der Waals surface area (Å²) in [5, 5.41) is 8.16. The first-order chi connectivity index (χ1) is 10.2. The molecule has 1 aliphatic heterocycles. The number of hydrogen-bond donors (Lipinski definition) is 1. The quantitative estimate of drug-likeness (QED) is 0.742. The van der Waals surface area contributed by atoms with Gasteiger partial charge in [-0.1, -0.05) is 12.1 Å². The first kappa shape index (κ1) is 12.5. The van der Waals surface area contributed by atoms with Crippen molar-refractivity contribution in [1.82, 2.24) is 15.1 Å². The number of hydrogen-bond acceptors (Lipinski definition) is 2. The summed E-state index contributed by atoms with van der Waals surface area (Å²) in [5.41, 5.74) is 4.61. The van der Waals surface area contributed by atoms with Crippen molar-refractivity contribution in [2.45, 2.75) is 12.5 Å². The summed E-state index contributed by atoms with van der Waals surface area (Å²) in [5.74, 6) is 0.117. The molecule has 0 radical (unpaired) electrons.